The summed E-state index contributed by atoms with van der Waals surface area (Å²) in [6.45, 7) is 8.15. The van der Waals surface area contributed by atoms with Gasteiger partial charge in [-0.05, 0) is 26.0 Å². The molecule has 2 aromatic rings. The molecule has 0 saturated carbocycles. The summed E-state index contributed by atoms with van der Waals surface area (Å²) in [7, 11) is 2.01. The molecule has 0 aromatic carbocycles. The molecular formula is C16H23N5O2. The molecule has 1 aliphatic heterocycles. The van der Waals surface area contributed by atoms with Crippen LogP contribution < -0.4 is 4.90 Å². The van der Waals surface area contributed by atoms with Crippen molar-refractivity contribution in [2.75, 3.05) is 38.2 Å². The summed E-state index contributed by atoms with van der Waals surface area (Å²) in [4.78, 5) is 4.47. The number of anilines is 1. The Kier molecular flexibility index (Phi) is 4.88. The Balaban J connectivity index is 1.58. The molecule has 0 N–H and O–H groups in total. The summed E-state index contributed by atoms with van der Waals surface area (Å²) in [5.74, 6) is 1.76. The molecule has 7 heteroatoms. The van der Waals surface area contributed by atoms with Crippen molar-refractivity contribution in [1.29, 1.82) is 0 Å². The van der Waals surface area contributed by atoms with Crippen molar-refractivity contribution < 1.29 is 9.26 Å². The quantitative estimate of drug-likeness (QED) is 0.826. The lowest BCUT2D eigenvalue weighted by Gasteiger charge is -2.34. The van der Waals surface area contributed by atoms with Crippen LogP contribution in [0.3, 0.4) is 0 Å². The minimum absolute atomic E-state index is 0.149. The van der Waals surface area contributed by atoms with Crippen molar-refractivity contribution in [2.45, 2.75) is 26.5 Å². The van der Waals surface area contributed by atoms with E-state index in [1.807, 2.05) is 33.0 Å². The first-order chi connectivity index (χ1) is 11.1. The summed E-state index contributed by atoms with van der Waals surface area (Å²) in [5, 5.41) is 12.1. The van der Waals surface area contributed by atoms with Gasteiger partial charge in [0.15, 0.2) is 5.82 Å². The molecule has 0 spiro atoms. The lowest BCUT2D eigenvalue weighted by molar-refractivity contribution is -0.0266. The predicted octanol–water partition coefficient (Wildman–Crippen LogP) is 1.42. The molecular weight excluding hydrogens is 294 g/mol. The third-order valence-corrected chi connectivity index (χ3v) is 4.21. The van der Waals surface area contributed by atoms with E-state index < -0.39 is 0 Å². The zero-order chi connectivity index (χ0) is 16.2. The van der Waals surface area contributed by atoms with Crippen molar-refractivity contribution >= 4 is 5.82 Å². The Morgan fingerprint density at radius 2 is 2.26 bits per heavy atom. The minimum Gasteiger partial charge on any atom is -0.374 e. The zero-order valence-corrected chi connectivity index (χ0v) is 13.9. The maximum atomic E-state index is 5.91. The van der Waals surface area contributed by atoms with Crippen molar-refractivity contribution in [1.82, 2.24) is 20.3 Å². The molecule has 124 valence electrons. The number of rotatable bonds is 5. The van der Waals surface area contributed by atoms with Crippen LogP contribution in [0.2, 0.25) is 0 Å². The van der Waals surface area contributed by atoms with E-state index in [4.69, 9.17) is 9.26 Å². The largest absolute Gasteiger partial charge is 0.374 e. The highest BCUT2D eigenvalue weighted by atomic mass is 16.5. The molecule has 1 saturated heterocycles. The molecule has 2 aromatic heterocycles. The van der Waals surface area contributed by atoms with Crippen LogP contribution in [0.25, 0.3) is 0 Å². The summed E-state index contributed by atoms with van der Waals surface area (Å²) >= 11 is 0. The molecule has 1 aliphatic rings. The number of hydrogen-bond acceptors (Lipinski definition) is 7. The van der Waals surface area contributed by atoms with Gasteiger partial charge in [0.25, 0.3) is 0 Å². The van der Waals surface area contributed by atoms with Crippen LogP contribution in [0.1, 0.15) is 17.0 Å². The Morgan fingerprint density at radius 3 is 2.96 bits per heavy atom. The Bertz CT molecular complexity index is 611. The third-order valence-electron chi connectivity index (χ3n) is 4.21. The molecule has 1 fully saturated rings. The van der Waals surface area contributed by atoms with Crippen molar-refractivity contribution in [3.63, 3.8) is 0 Å². The molecule has 3 heterocycles. The van der Waals surface area contributed by atoms with Crippen LogP contribution in [-0.2, 0) is 11.3 Å². The highest BCUT2D eigenvalue weighted by molar-refractivity contribution is 5.35. The Hall–Kier alpha value is -1.99. The van der Waals surface area contributed by atoms with Crippen LogP contribution in [-0.4, -0.2) is 59.6 Å². The summed E-state index contributed by atoms with van der Waals surface area (Å²) in [6.07, 6.45) is 1.83. The van der Waals surface area contributed by atoms with E-state index in [0.29, 0.717) is 0 Å². The molecule has 0 aliphatic carbocycles. The van der Waals surface area contributed by atoms with Crippen LogP contribution in [0.4, 0.5) is 5.82 Å². The van der Waals surface area contributed by atoms with Crippen molar-refractivity contribution in [2.24, 2.45) is 0 Å². The second-order valence-corrected chi connectivity index (χ2v) is 5.99. The SMILES string of the molecule is Cc1noc(C)c1CN1CCO[C@H](CN(C)c2cccnn2)C1. The van der Waals surface area contributed by atoms with E-state index >= 15 is 0 Å². The zero-order valence-electron chi connectivity index (χ0n) is 13.9. The average molecular weight is 317 g/mol. The number of likely N-dealkylation sites (N-methyl/N-ethyl adjacent to an activating group) is 1. The van der Waals surface area contributed by atoms with E-state index in [1.54, 1.807) is 6.20 Å². The van der Waals surface area contributed by atoms with Crippen molar-refractivity contribution in [3.8, 4) is 0 Å². The Labute approximate surface area is 136 Å². The standard InChI is InChI=1S/C16H23N5O2/c1-12-15(13(2)23-19-12)11-21-7-8-22-14(10-21)9-20(3)16-5-4-6-17-18-16/h4-6,14H,7-11H2,1-3H3/t14-/m1/s1. The number of hydrogen-bond donors (Lipinski definition) is 0. The van der Waals surface area contributed by atoms with E-state index in [2.05, 4.69) is 25.2 Å². The minimum atomic E-state index is 0.149. The fourth-order valence-corrected chi connectivity index (χ4v) is 2.88. The van der Waals surface area contributed by atoms with Crippen LogP contribution in [0.5, 0.6) is 0 Å². The van der Waals surface area contributed by atoms with Crippen molar-refractivity contribution in [3.05, 3.63) is 35.3 Å². The van der Waals surface area contributed by atoms with Gasteiger partial charge >= 0.3 is 0 Å². The van der Waals surface area contributed by atoms with E-state index in [9.17, 15) is 0 Å². The summed E-state index contributed by atoms with van der Waals surface area (Å²) < 4.78 is 11.2. The lowest BCUT2D eigenvalue weighted by atomic mass is 10.1. The van der Waals surface area contributed by atoms with Gasteiger partial charge in [0.05, 0.1) is 18.4 Å². The molecule has 3 rings (SSSR count). The number of aryl methyl sites for hydroxylation is 2. The fourth-order valence-electron chi connectivity index (χ4n) is 2.88. The van der Waals surface area contributed by atoms with Gasteiger partial charge < -0.3 is 14.2 Å². The maximum absolute atomic E-state index is 5.91. The molecule has 7 nitrogen and oxygen atoms in total. The number of ether oxygens (including phenoxy) is 1. The average Bonchev–Trinajstić information content (AvgIpc) is 2.88. The molecule has 23 heavy (non-hydrogen) atoms. The highest BCUT2D eigenvalue weighted by Crippen LogP contribution is 2.18. The predicted molar refractivity (Wildman–Crippen MR) is 86.3 cm³/mol. The molecule has 0 bridgehead atoms. The number of aromatic nitrogens is 3. The third kappa shape index (κ3) is 3.86. The number of morpholine rings is 1. The maximum Gasteiger partial charge on any atom is 0.151 e. The lowest BCUT2D eigenvalue weighted by Crippen LogP contribution is -2.46. The van der Waals surface area contributed by atoms with Gasteiger partial charge in [-0.3, -0.25) is 4.90 Å². The Morgan fingerprint density at radius 1 is 1.39 bits per heavy atom. The van der Waals surface area contributed by atoms with Gasteiger partial charge in [-0.1, -0.05) is 5.16 Å². The van der Waals surface area contributed by atoms with E-state index in [-0.39, 0.29) is 6.10 Å². The first-order valence-corrected chi connectivity index (χ1v) is 7.88. The fraction of sp³-hybridized carbons (Fsp3) is 0.562. The molecule has 0 unspecified atom stereocenters. The summed E-state index contributed by atoms with van der Waals surface area (Å²) in [6, 6.07) is 3.85. The first-order valence-electron chi connectivity index (χ1n) is 7.88. The monoisotopic (exact) mass is 317 g/mol. The molecule has 0 radical (unpaired) electrons. The van der Waals surface area contributed by atoms with Gasteiger partial charge in [0.2, 0.25) is 0 Å². The van der Waals surface area contributed by atoms with Crippen LogP contribution >= 0.6 is 0 Å². The van der Waals surface area contributed by atoms with Gasteiger partial charge in [-0.2, -0.15) is 5.10 Å². The highest BCUT2D eigenvalue weighted by Gasteiger charge is 2.24. The van der Waals surface area contributed by atoms with Gasteiger partial charge in [-0.15, -0.1) is 5.10 Å². The topological polar surface area (TPSA) is 67.5 Å². The molecule has 1 atom stereocenters. The van der Waals surface area contributed by atoms with E-state index in [1.165, 1.54) is 5.56 Å². The molecule has 0 amide bonds. The second-order valence-electron chi connectivity index (χ2n) is 5.99. The van der Waals surface area contributed by atoms with Crippen LogP contribution in [0, 0.1) is 13.8 Å². The van der Waals surface area contributed by atoms with Gasteiger partial charge in [0.1, 0.15) is 5.76 Å². The number of nitrogens with zero attached hydrogens (tertiary/aromatic N) is 5. The smallest absolute Gasteiger partial charge is 0.151 e. The first kappa shape index (κ1) is 15.9. The summed E-state index contributed by atoms with van der Waals surface area (Å²) in [5.41, 5.74) is 2.16. The van der Waals surface area contributed by atoms with E-state index in [0.717, 1.165) is 50.1 Å². The second kappa shape index (κ2) is 7.06. The van der Waals surface area contributed by atoms with Gasteiger partial charge in [0, 0.05) is 45.0 Å². The normalized spacial score (nSPS) is 19.0. The van der Waals surface area contributed by atoms with Crippen LogP contribution in [0.15, 0.2) is 22.9 Å². The van der Waals surface area contributed by atoms with Gasteiger partial charge in [-0.25, -0.2) is 0 Å².